The maximum absolute atomic E-state index is 12.4. The number of carbonyl (C=O) groups excluding carboxylic acids is 4. The summed E-state index contributed by atoms with van der Waals surface area (Å²) in [5.74, 6) is -0.194. The molecule has 0 rings (SSSR count). The molecule has 0 aromatic rings. The van der Waals surface area contributed by atoms with Gasteiger partial charge in [0.15, 0.2) is 0 Å². The molecule has 0 aromatic heterocycles. The fourth-order valence-electron chi connectivity index (χ4n) is 2.01. The van der Waals surface area contributed by atoms with Crippen molar-refractivity contribution < 1.29 is 19.2 Å². The number of rotatable bonds is 16. The Bertz CT molecular complexity index is 477. The topological polar surface area (TPSA) is 108 Å². The van der Waals surface area contributed by atoms with Gasteiger partial charge in [-0.2, -0.15) is 11.8 Å². The Morgan fingerprint density at radius 2 is 1.14 bits per heavy atom. The first-order valence-electron chi connectivity index (χ1n) is 8.78. The highest BCUT2D eigenvalue weighted by atomic mass is 35.5. The van der Waals surface area contributed by atoms with Crippen LogP contribution in [0.2, 0.25) is 0 Å². The predicted octanol–water partition coefficient (Wildman–Crippen LogP) is 0.393. The normalized spacial score (nSPS) is 10.2. The van der Waals surface area contributed by atoms with Crippen molar-refractivity contribution in [1.29, 1.82) is 0 Å². The van der Waals surface area contributed by atoms with Crippen LogP contribution in [0.25, 0.3) is 0 Å². The molecule has 0 aliphatic heterocycles. The number of halogens is 3. The van der Waals surface area contributed by atoms with E-state index in [0.717, 1.165) is 0 Å². The maximum Gasteiger partial charge on any atom is 0.234 e. The lowest BCUT2D eigenvalue weighted by molar-refractivity contribution is -0.128. The van der Waals surface area contributed by atoms with E-state index in [1.807, 2.05) is 0 Å². The third-order valence-corrected chi connectivity index (χ3v) is 5.04. The number of amides is 4. The summed E-state index contributed by atoms with van der Waals surface area (Å²) in [6.07, 6.45) is 1.19. The van der Waals surface area contributed by atoms with Gasteiger partial charge in [-0.15, -0.1) is 34.8 Å². The van der Waals surface area contributed by atoms with Crippen molar-refractivity contribution in [1.82, 2.24) is 20.9 Å². The van der Waals surface area contributed by atoms with Gasteiger partial charge in [0.05, 0.1) is 5.75 Å². The second-order valence-corrected chi connectivity index (χ2v) is 7.50. The van der Waals surface area contributed by atoms with Crippen LogP contribution in [0.5, 0.6) is 0 Å². The highest BCUT2D eigenvalue weighted by Crippen LogP contribution is 2.04. The molecule has 0 fully saturated rings. The smallest absolute Gasteiger partial charge is 0.234 e. The molecule has 28 heavy (non-hydrogen) atoms. The summed E-state index contributed by atoms with van der Waals surface area (Å²) in [5.41, 5.74) is 0. The van der Waals surface area contributed by atoms with E-state index < -0.39 is 0 Å². The molecule has 4 amide bonds. The molecule has 0 saturated heterocycles. The second-order valence-electron chi connectivity index (χ2n) is 5.59. The van der Waals surface area contributed by atoms with Crippen LogP contribution < -0.4 is 16.0 Å². The van der Waals surface area contributed by atoms with Gasteiger partial charge in [-0.3, -0.25) is 19.2 Å². The fourth-order valence-corrected chi connectivity index (χ4v) is 3.04. The van der Waals surface area contributed by atoms with Gasteiger partial charge in [0.25, 0.3) is 0 Å². The van der Waals surface area contributed by atoms with E-state index in [4.69, 9.17) is 34.8 Å². The lowest BCUT2D eigenvalue weighted by Gasteiger charge is -2.23. The Morgan fingerprint density at radius 3 is 1.57 bits per heavy atom. The zero-order chi connectivity index (χ0) is 21.2. The molecule has 162 valence electrons. The number of nitrogens with zero attached hydrogens (tertiary/aromatic N) is 1. The van der Waals surface area contributed by atoms with Crippen molar-refractivity contribution >= 4 is 70.2 Å². The minimum atomic E-state index is -0.252. The number of hydrogen-bond donors (Lipinski definition) is 3. The summed E-state index contributed by atoms with van der Waals surface area (Å²) in [6.45, 7) is 2.26. The Kier molecular flexibility index (Phi) is 17.6. The van der Waals surface area contributed by atoms with Gasteiger partial charge in [-0.1, -0.05) is 0 Å². The van der Waals surface area contributed by atoms with E-state index in [-0.39, 0.29) is 47.0 Å². The van der Waals surface area contributed by atoms with Gasteiger partial charge in [0.1, 0.15) is 17.6 Å². The lowest BCUT2D eigenvalue weighted by Crippen LogP contribution is -2.38. The number of alkyl halides is 3. The first kappa shape index (κ1) is 27.1. The number of hydrogen-bond acceptors (Lipinski definition) is 5. The van der Waals surface area contributed by atoms with Crippen LogP contribution in [0.15, 0.2) is 0 Å². The van der Waals surface area contributed by atoms with Crippen LogP contribution in [0, 0.1) is 0 Å². The summed E-state index contributed by atoms with van der Waals surface area (Å²) in [6, 6.07) is 0. The van der Waals surface area contributed by atoms with Crippen LogP contribution >= 0.6 is 46.6 Å². The van der Waals surface area contributed by atoms with Crippen molar-refractivity contribution in [3.63, 3.8) is 0 Å². The highest BCUT2D eigenvalue weighted by Gasteiger charge is 2.13. The summed E-state index contributed by atoms with van der Waals surface area (Å²) in [5, 5.41) is 7.94. The molecular formula is C16H27Cl3N4O4S. The first-order valence-corrected chi connectivity index (χ1v) is 11.5. The summed E-state index contributed by atoms with van der Waals surface area (Å²) in [4.78, 5) is 47.5. The molecular weight excluding hydrogens is 451 g/mol. The van der Waals surface area contributed by atoms with E-state index in [2.05, 4.69) is 16.0 Å². The van der Waals surface area contributed by atoms with Crippen LogP contribution in [0.3, 0.4) is 0 Å². The van der Waals surface area contributed by atoms with Crippen LogP contribution in [0.1, 0.15) is 12.8 Å². The van der Waals surface area contributed by atoms with E-state index in [1.165, 1.54) is 11.8 Å². The SMILES string of the molecule is O=C(CCl)NCCCN(CCCNC(=O)CCl)C(=O)CSCCNC(=O)CCl. The first-order chi connectivity index (χ1) is 13.4. The average Bonchev–Trinajstić information content (AvgIpc) is 2.71. The molecule has 0 bridgehead atoms. The fraction of sp³-hybridized carbons (Fsp3) is 0.750. The zero-order valence-electron chi connectivity index (χ0n) is 15.6. The molecule has 8 nitrogen and oxygen atoms in total. The van der Waals surface area contributed by atoms with E-state index >= 15 is 0 Å². The summed E-state index contributed by atoms with van der Waals surface area (Å²) < 4.78 is 0. The highest BCUT2D eigenvalue weighted by molar-refractivity contribution is 7.99. The van der Waals surface area contributed by atoms with Gasteiger partial charge < -0.3 is 20.9 Å². The van der Waals surface area contributed by atoms with Gasteiger partial charge in [0.2, 0.25) is 23.6 Å². The van der Waals surface area contributed by atoms with Crippen LogP contribution in [-0.4, -0.2) is 90.4 Å². The number of carbonyl (C=O) groups is 4. The minimum absolute atomic E-state index is 0.0407. The molecule has 0 aliphatic rings. The molecule has 0 saturated carbocycles. The Hall–Kier alpha value is -0.900. The van der Waals surface area contributed by atoms with Crippen LogP contribution in [-0.2, 0) is 19.2 Å². The van der Waals surface area contributed by atoms with E-state index in [1.54, 1.807) is 4.90 Å². The van der Waals surface area contributed by atoms with Gasteiger partial charge in [-0.25, -0.2) is 0 Å². The molecule has 0 aliphatic carbocycles. The standard InChI is InChI=1S/C16H27Cl3N4O4S/c17-9-13(24)20-3-1-6-23(7-2-4-21-14(25)10-18)16(27)12-28-8-5-22-15(26)11-19/h1-12H2,(H,20,24)(H,21,25)(H,22,26). The summed E-state index contributed by atoms with van der Waals surface area (Å²) >= 11 is 17.6. The van der Waals surface area contributed by atoms with Gasteiger partial charge in [0, 0.05) is 38.5 Å². The van der Waals surface area contributed by atoms with Gasteiger partial charge >= 0.3 is 0 Å². The predicted molar refractivity (Wildman–Crippen MR) is 114 cm³/mol. The Labute approximate surface area is 184 Å². The molecule has 0 spiro atoms. The van der Waals surface area contributed by atoms with Crippen molar-refractivity contribution in [2.45, 2.75) is 12.8 Å². The minimum Gasteiger partial charge on any atom is -0.355 e. The third-order valence-electron chi connectivity index (χ3n) is 3.36. The number of nitrogens with one attached hydrogen (secondary N) is 3. The maximum atomic E-state index is 12.4. The molecule has 0 aromatic carbocycles. The Morgan fingerprint density at radius 1 is 0.714 bits per heavy atom. The van der Waals surface area contributed by atoms with Gasteiger partial charge in [-0.05, 0) is 12.8 Å². The zero-order valence-corrected chi connectivity index (χ0v) is 18.7. The molecule has 0 unspecified atom stereocenters. The van der Waals surface area contributed by atoms with Crippen molar-refractivity contribution in [2.75, 3.05) is 61.9 Å². The average molecular weight is 478 g/mol. The molecule has 12 heteroatoms. The monoisotopic (exact) mass is 476 g/mol. The number of thioether (sulfide) groups is 1. The van der Waals surface area contributed by atoms with Crippen LogP contribution in [0.4, 0.5) is 0 Å². The summed E-state index contributed by atoms with van der Waals surface area (Å²) in [7, 11) is 0. The largest absolute Gasteiger partial charge is 0.355 e. The van der Waals surface area contributed by atoms with E-state index in [9.17, 15) is 19.2 Å². The van der Waals surface area contributed by atoms with E-state index in [0.29, 0.717) is 51.3 Å². The second kappa shape index (κ2) is 18.1. The molecule has 0 heterocycles. The third kappa shape index (κ3) is 15.1. The lowest BCUT2D eigenvalue weighted by atomic mass is 10.3. The molecule has 3 N–H and O–H groups in total. The van der Waals surface area contributed by atoms with Crippen molar-refractivity contribution in [2.24, 2.45) is 0 Å². The van der Waals surface area contributed by atoms with Crippen molar-refractivity contribution in [3.8, 4) is 0 Å². The van der Waals surface area contributed by atoms with Crippen molar-refractivity contribution in [3.05, 3.63) is 0 Å². The quantitative estimate of drug-likeness (QED) is 0.220. The molecule has 0 radical (unpaired) electrons. The molecule has 0 atom stereocenters. The Balaban J connectivity index is 4.26.